The Bertz CT molecular complexity index is 621. The molecule has 0 aliphatic carbocycles. The van der Waals surface area contributed by atoms with Gasteiger partial charge in [-0.3, -0.25) is 9.59 Å². The standard InChI is InChI=1S/C10H10N2O4S/c1-2-17(15,16)12-9(13)6-4-3-5-7(11)8(6)10(12)14/h3-5H,2,11H2,1H3. The van der Waals surface area contributed by atoms with E-state index in [0.717, 1.165) is 0 Å². The van der Waals surface area contributed by atoms with Gasteiger partial charge >= 0.3 is 0 Å². The summed E-state index contributed by atoms with van der Waals surface area (Å²) in [6, 6.07) is 4.34. The van der Waals surface area contributed by atoms with Crippen LogP contribution in [0.2, 0.25) is 0 Å². The van der Waals surface area contributed by atoms with Gasteiger partial charge in [0.15, 0.2) is 0 Å². The highest BCUT2D eigenvalue weighted by molar-refractivity contribution is 7.90. The van der Waals surface area contributed by atoms with Gasteiger partial charge in [-0.25, -0.2) is 8.42 Å². The molecule has 0 saturated heterocycles. The van der Waals surface area contributed by atoms with Crippen molar-refractivity contribution in [3.8, 4) is 0 Å². The molecule has 1 aromatic carbocycles. The lowest BCUT2D eigenvalue weighted by molar-refractivity contribution is 0.0766. The molecule has 1 aromatic rings. The first kappa shape index (κ1) is 11.6. The molecule has 0 atom stereocenters. The largest absolute Gasteiger partial charge is 0.398 e. The quantitative estimate of drug-likeness (QED) is 0.601. The molecular formula is C10H10N2O4S. The number of carbonyl (C=O) groups is 2. The van der Waals surface area contributed by atoms with Gasteiger partial charge in [0, 0.05) is 5.69 Å². The minimum Gasteiger partial charge on any atom is -0.398 e. The summed E-state index contributed by atoms with van der Waals surface area (Å²) < 4.78 is 23.6. The zero-order valence-electron chi connectivity index (χ0n) is 9.00. The van der Waals surface area contributed by atoms with Crippen LogP contribution in [0.5, 0.6) is 0 Å². The molecule has 0 bridgehead atoms. The number of nitrogens with two attached hydrogens (primary N) is 1. The maximum absolute atomic E-state index is 11.9. The van der Waals surface area contributed by atoms with E-state index < -0.39 is 21.8 Å². The zero-order chi connectivity index (χ0) is 12.8. The maximum Gasteiger partial charge on any atom is 0.277 e. The van der Waals surface area contributed by atoms with E-state index in [1.54, 1.807) is 0 Å². The molecule has 0 saturated carbocycles. The fourth-order valence-electron chi connectivity index (χ4n) is 1.67. The number of amides is 2. The Labute approximate surface area is 98.1 Å². The van der Waals surface area contributed by atoms with Crippen LogP contribution in [0, 0.1) is 0 Å². The number of carbonyl (C=O) groups excluding carboxylic acids is 2. The molecule has 2 rings (SSSR count). The Morgan fingerprint density at radius 3 is 2.41 bits per heavy atom. The fraction of sp³-hybridized carbons (Fsp3) is 0.200. The zero-order valence-corrected chi connectivity index (χ0v) is 9.82. The van der Waals surface area contributed by atoms with Crippen molar-refractivity contribution < 1.29 is 18.0 Å². The number of imide groups is 1. The third-order valence-electron chi connectivity index (χ3n) is 2.55. The lowest BCUT2D eigenvalue weighted by Crippen LogP contribution is -2.37. The first-order valence-electron chi connectivity index (χ1n) is 4.90. The van der Waals surface area contributed by atoms with Gasteiger partial charge in [-0.05, 0) is 19.1 Å². The second-order valence-corrected chi connectivity index (χ2v) is 5.65. The summed E-state index contributed by atoms with van der Waals surface area (Å²) in [5.41, 5.74) is 5.68. The monoisotopic (exact) mass is 254 g/mol. The van der Waals surface area contributed by atoms with E-state index in [-0.39, 0.29) is 26.9 Å². The number of nitrogens with zero attached hydrogens (tertiary/aromatic N) is 1. The van der Waals surface area contributed by atoms with E-state index in [4.69, 9.17) is 5.73 Å². The SMILES string of the molecule is CCS(=O)(=O)N1C(=O)c2cccc(N)c2C1=O. The Morgan fingerprint density at radius 1 is 1.24 bits per heavy atom. The van der Waals surface area contributed by atoms with E-state index in [9.17, 15) is 18.0 Å². The number of anilines is 1. The van der Waals surface area contributed by atoms with Gasteiger partial charge in [0.2, 0.25) is 10.0 Å². The highest BCUT2D eigenvalue weighted by atomic mass is 32.2. The van der Waals surface area contributed by atoms with Gasteiger partial charge in [-0.15, -0.1) is 0 Å². The lowest BCUT2D eigenvalue weighted by Gasteiger charge is -2.12. The number of hydrogen-bond acceptors (Lipinski definition) is 5. The average Bonchev–Trinajstić information content (AvgIpc) is 2.53. The highest BCUT2D eigenvalue weighted by Crippen LogP contribution is 2.29. The number of fused-ring (bicyclic) bond motifs is 1. The maximum atomic E-state index is 11.9. The summed E-state index contributed by atoms with van der Waals surface area (Å²) in [7, 11) is -3.90. The summed E-state index contributed by atoms with van der Waals surface area (Å²) >= 11 is 0. The van der Waals surface area contributed by atoms with Gasteiger partial charge in [0.25, 0.3) is 11.8 Å². The number of rotatable bonds is 2. The molecule has 0 spiro atoms. The topological polar surface area (TPSA) is 97.5 Å². The Kier molecular flexibility index (Phi) is 2.43. The van der Waals surface area contributed by atoms with E-state index >= 15 is 0 Å². The molecular weight excluding hydrogens is 244 g/mol. The van der Waals surface area contributed by atoms with Crippen LogP contribution >= 0.6 is 0 Å². The molecule has 0 radical (unpaired) electrons. The Morgan fingerprint density at radius 2 is 1.88 bits per heavy atom. The predicted molar refractivity (Wildman–Crippen MR) is 60.8 cm³/mol. The molecule has 1 aliphatic heterocycles. The van der Waals surface area contributed by atoms with Crippen molar-refractivity contribution >= 4 is 27.5 Å². The summed E-state index contributed by atoms with van der Waals surface area (Å²) in [6.45, 7) is 1.36. The Balaban J connectivity index is 2.66. The highest BCUT2D eigenvalue weighted by Gasteiger charge is 2.43. The molecule has 0 aromatic heterocycles. The molecule has 0 fully saturated rings. The van der Waals surface area contributed by atoms with Crippen LogP contribution in [0.3, 0.4) is 0 Å². The van der Waals surface area contributed by atoms with Gasteiger partial charge < -0.3 is 5.73 Å². The number of hydrogen-bond donors (Lipinski definition) is 1. The minimum absolute atomic E-state index is 0.0328. The number of benzene rings is 1. The molecule has 1 heterocycles. The minimum atomic E-state index is -3.90. The molecule has 90 valence electrons. The lowest BCUT2D eigenvalue weighted by atomic mass is 10.1. The average molecular weight is 254 g/mol. The van der Waals surface area contributed by atoms with E-state index in [1.165, 1.54) is 25.1 Å². The first-order chi connectivity index (χ1) is 7.90. The van der Waals surface area contributed by atoms with Crippen LogP contribution in [0.1, 0.15) is 27.6 Å². The molecule has 1 aliphatic rings. The third kappa shape index (κ3) is 1.50. The van der Waals surface area contributed by atoms with Gasteiger partial charge in [-0.2, -0.15) is 4.31 Å². The van der Waals surface area contributed by atoms with Crippen molar-refractivity contribution in [2.24, 2.45) is 0 Å². The van der Waals surface area contributed by atoms with Crippen LogP contribution < -0.4 is 5.73 Å². The summed E-state index contributed by atoms with van der Waals surface area (Å²) in [4.78, 5) is 23.7. The molecule has 2 N–H and O–H groups in total. The van der Waals surface area contributed by atoms with Gasteiger partial charge in [-0.1, -0.05) is 6.07 Å². The summed E-state index contributed by atoms with van der Waals surface area (Å²) in [6.07, 6.45) is 0. The van der Waals surface area contributed by atoms with Crippen LogP contribution in [0.15, 0.2) is 18.2 Å². The normalized spacial score (nSPS) is 15.2. The van der Waals surface area contributed by atoms with E-state index in [1.807, 2.05) is 0 Å². The van der Waals surface area contributed by atoms with Crippen LogP contribution in [-0.4, -0.2) is 30.3 Å². The van der Waals surface area contributed by atoms with Crippen molar-refractivity contribution in [2.45, 2.75) is 6.92 Å². The third-order valence-corrected chi connectivity index (χ3v) is 4.17. The molecule has 7 heteroatoms. The second kappa shape index (κ2) is 3.56. The smallest absolute Gasteiger partial charge is 0.277 e. The van der Waals surface area contributed by atoms with E-state index in [2.05, 4.69) is 0 Å². The fourth-order valence-corrected chi connectivity index (χ4v) is 2.63. The van der Waals surface area contributed by atoms with Crippen molar-refractivity contribution in [3.63, 3.8) is 0 Å². The Hall–Kier alpha value is -1.89. The summed E-state index contributed by atoms with van der Waals surface area (Å²) in [5, 5.41) is 0. The van der Waals surface area contributed by atoms with Gasteiger partial charge in [0.1, 0.15) is 0 Å². The van der Waals surface area contributed by atoms with Gasteiger partial charge in [0.05, 0.1) is 16.9 Å². The van der Waals surface area contributed by atoms with Crippen molar-refractivity contribution in [1.82, 2.24) is 4.31 Å². The van der Waals surface area contributed by atoms with E-state index in [0.29, 0.717) is 0 Å². The molecule has 6 nitrogen and oxygen atoms in total. The number of sulfonamides is 1. The number of nitrogen functional groups attached to an aromatic ring is 1. The first-order valence-corrected chi connectivity index (χ1v) is 6.51. The van der Waals surface area contributed by atoms with Crippen molar-refractivity contribution in [2.75, 3.05) is 11.5 Å². The second-order valence-electron chi connectivity index (χ2n) is 3.55. The predicted octanol–water partition coefficient (Wildman–Crippen LogP) is 0.215. The molecule has 2 amide bonds. The van der Waals surface area contributed by atoms with Crippen LogP contribution in [0.25, 0.3) is 0 Å². The molecule has 17 heavy (non-hydrogen) atoms. The van der Waals surface area contributed by atoms with Crippen molar-refractivity contribution in [1.29, 1.82) is 0 Å². The van der Waals surface area contributed by atoms with Crippen molar-refractivity contribution in [3.05, 3.63) is 29.3 Å². The molecule has 0 unspecified atom stereocenters. The van der Waals surface area contributed by atoms with Crippen LogP contribution in [0.4, 0.5) is 5.69 Å². The summed E-state index contributed by atoms with van der Waals surface area (Å²) in [5.74, 6) is -2.03. The van der Waals surface area contributed by atoms with Crippen LogP contribution in [-0.2, 0) is 10.0 Å².